The number of anilines is 1. The summed E-state index contributed by atoms with van der Waals surface area (Å²) < 4.78 is 9.31. The smallest absolute Gasteiger partial charge is 0.329 e. The van der Waals surface area contributed by atoms with Crippen LogP contribution in [0.5, 0.6) is 5.75 Å². The second kappa shape index (κ2) is 11.9. The van der Waals surface area contributed by atoms with Gasteiger partial charge in [-0.3, -0.25) is 19.1 Å². The Morgan fingerprint density at radius 1 is 1.13 bits per heavy atom. The molecule has 2 aromatic heterocycles. The molecule has 2 N–H and O–H groups in total. The first-order valence-electron chi connectivity index (χ1n) is 11.4. The molecule has 38 heavy (non-hydrogen) atoms. The number of benzene rings is 2. The zero-order valence-electron chi connectivity index (χ0n) is 21.1. The predicted octanol–water partition coefficient (Wildman–Crippen LogP) is 3.03. The van der Waals surface area contributed by atoms with Crippen molar-refractivity contribution < 1.29 is 14.3 Å². The van der Waals surface area contributed by atoms with Gasteiger partial charge in [0.25, 0.3) is 5.56 Å². The summed E-state index contributed by atoms with van der Waals surface area (Å²) in [4.78, 5) is 37.8. The molecule has 0 saturated heterocycles. The summed E-state index contributed by atoms with van der Waals surface area (Å²) >= 11 is 3.05. The van der Waals surface area contributed by atoms with E-state index in [9.17, 15) is 14.4 Å². The highest BCUT2D eigenvalue weighted by molar-refractivity contribution is 8.00. The third-order valence-electron chi connectivity index (χ3n) is 5.54. The molecule has 0 aliphatic rings. The maximum absolute atomic E-state index is 12.9. The van der Waals surface area contributed by atoms with Crippen LogP contribution < -0.4 is 21.0 Å². The lowest BCUT2D eigenvalue weighted by atomic mass is 10.1. The Labute approximate surface area is 226 Å². The lowest BCUT2D eigenvalue weighted by molar-refractivity contribution is -0.136. The molecule has 0 radical (unpaired) electrons. The minimum atomic E-state index is -1.01. The van der Waals surface area contributed by atoms with E-state index in [1.165, 1.54) is 34.0 Å². The van der Waals surface area contributed by atoms with Gasteiger partial charge in [-0.1, -0.05) is 41.3 Å². The quantitative estimate of drug-likeness (QED) is 0.149. The van der Waals surface area contributed by atoms with E-state index < -0.39 is 17.4 Å². The molecule has 4 rings (SSSR count). The van der Waals surface area contributed by atoms with Crippen molar-refractivity contribution >= 4 is 46.8 Å². The Balaban J connectivity index is 1.41. The molecule has 2 aromatic carbocycles. The van der Waals surface area contributed by atoms with E-state index in [0.29, 0.717) is 28.4 Å². The highest BCUT2D eigenvalue weighted by Gasteiger charge is 2.21. The fraction of sp³-hybridized carbons (Fsp3) is 0.200. The Hall–Kier alpha value is -4.23. The van der Waals surface area contributed by atoms with Gasteiger partial charge in [-0.25, -0.2) is 10.1 Å². The minimum Gasteiger partial charge on any atom is -0.496 e. The van der Waals surface area contributed by atoms with Crippen LogP contribution in [0.2, 0.25) is 0 Å². The summed E-state index contributed by atoms with van der Waals surface area (Å²) in [7, 11) is 3.29. The van der Waals surface area contributed by atoms with Gasteiger partial charge in [0.1, 0.15) is 16.4 Å². The summed E-state index contributed by atoms with van der Waals surface area (Å²) in [6.45, 7) is 3.58. The van der Waals surface area contributed by atoms with Gasteiger partial charge < -0.3 is 10.1 Å². The van der Waals surface area contributed by atoms with E-state index in [-0.39, 0.29) is 5.69 Å². The van der Waals surface area contributed by atoms with Crippen molar-refractivity contribution in [3.05, 3.63) is 80.7 Å². The van der Waals surface area contributed by atoms with E-state index in [4.69, 9.17) is 4.74 Å². The molecule has 0 bridgehead atoms. The lowest BCUT2D eigenvalue weighted by Gasteiger charge is -2.08. The molecule has 196 valence electrons. The average molecular weight is 552 g/mol. The SMILES string of the molecule is COc1ccc(/C=N/NC(=O)C(=O)Nc2c(C)n(C)n(-c3ccccc3)c2=O)cc1CSc1nnc(C)s1. The highest BCUT2D eigenvalue weighted by atomic mass is 32.2. The third kappa shape index (κ3) is 6.01. The first-order chi connectivity index (χ1) is 18.3. The van der Waals surface area contributed by atoms with Crippen molar-refractivity contribution in [1.29, 1.82) is 0 Å². The third-order valence-corrected chi connectivity index (χ3v) is 7.56. The van der Waals surface area contributed by atoms with Crippen molar-refractivity contribution in [2.45, 2.75) is 23.9 Å². The number of ether oxygens (including phenoxy) is 1. The molecule has 0 atom stereocenters. The summed E-state index contributed by atoms with van der Waals surface area (Å²) in [5.41, 5.74) is 4.50. The molecule has 2 heterocycles. The number of nitrogens with one attached hydrogen (secondary N) is 2. The molecule has 4 aromatic rings. The number of para-hydroxylation sites is 1. The van der Waals surface area contributed by atoms with Crippen LogP contribution in [0.25, 0.3) is 5.69 Å². The Kier molecular flexibility index (Phi) is 8.38. The topological polar surface area (TPSA) is 132 Å². The fourth-order valence-electron chi connectivity index (χ4n) is 3.57. The Morgan fingerprint density at radius 2 is 1.89 bits per heavy atom. The molecule has 2 amide bonds. The van der Waals surface area contributed by atoms with Crippen LogP contribution in [0.1, 0.15) is 21.8 Å². The van der Waals surface area contributed by atoms with E-state index in [1.54, 1.807) is 62.2 Å². The Morgan fingerprint density at radius 3 is 2.58 bits per heavy atom. The second-order valence-corrected chi connectivity index (χ2v) is 10.4. The van der Waals surface area contributed by atoms with E-state index >= 15 is 0 Å². The number of rotatable bonds is 8. The van der Waals surface area contributed by atoms with Gasteiger partial charge in [-0.2, -0.15) is 5.10 Å². The first-order valence-corrected chi connectivity index (χ1v) is 13.2. The fourth-order valence-corrected chi connectivity index (χ4v) is 5.36. The number of hydrazone groups is 1. The molecular weight excluding hydrogens is 526 g/mol. The van der Waals surface area contributed by atoms with Gasteiger partial charge in [0.15, 0.2) is 4.34 Å². The molecule has 0 aliphatic heterocycles. The van der Waals surface area contributed by atoms with Crippen molar-refractivity contribution in [3.8, 4) is 11.4 Å². The summed E-state index contributed by atoms with van der Waals surface area (Å²) in [5.74, 6) is -0.706. The normalized spacial score (nSPS) is 11.1. The van der Waals surface area contributed by atoms with Crippen LogP contribution >= 0.6 is 23.1 Å². The summed E-state index contributed by atoms with van der Waals surface area (Å²) in [6.07, 6.45) is 1.42. The first kappa shape index (κ1) is 26.8. The minimum absolute atomic E-state index is 0.0170. The van der Waals surface area contributed by atoms with E-state index in [2.05, 4.69) is 26.0 Å². The van der Waals surface area contributed by atoms with E-state index in [0.717, 1.165) is 14.9 Å². The lowest BCUT2D eigenvalue weighted by Crippen LogP contribution is -2.34. The largest absolute Gasteiger partial charge is 0.496 e. The van der Waals surface area contributed by atoms with Crippen molar-refractivity contribution in [3.63, 3.8) is 0 Å². The zero-order chi connectivity index (χ0) is 27.2. The standard InChI is InChI=1S/C25H25N7O4S2/c1-15-21(24(35)32(31(15)3)19-8-6-5-7-9-19)27-22(33)23(34)29-26-13-17-10-11-20(36-4)18(12-17)14-37-25-30-28-16(2)38-25/h5-13H,14H2,1-4H3,(H,27,33)(H,29,34)/b26-13+. The maximum Gasteiger partial charge on any atom is 0.329 e. The molecule has 0 spiro atoms. The number of carbonyl (C=O) groups is 2. The number of hydrogen-bond acceptors (Lipinski definition) is 9. The van der Waals surface area contributed by atoms with Crippen LogP contribution in [0.4, 0.5) is 5.69 Å². The number of carbonyl (C=O) groups excluding carboxylic acids is 2. The molecular formula is C25H25N7O4S2. The number of thioether (sulfide) groups is 1. The number of aryl methyl sites for hydroxylation is 1. The monoisotopic (exact) mass is 551 g/mol. The van der Waals surface area contributed by atoms with Gasteiger partial charge in [0.05, 0.1) is 24.7 Å². The van der Waals surface area contributed by atoms with Gasteiger partial charge in [0.2, 0.25) is 0 Å². The van der Waals surface area contributed by atoms with Gasteiger partial charge in [-0.15, -0.1) is 10.2 Å². The van der Waals surface area contributed by atoms with Crippen LogP contribution in [0, 0.1) is 13.8 Å². The Bertz CT molecular complexity index is 1560. The van der Waals surface area contributed by atoms with Crippen molar-refractivity contribution in [1.82, 2.24) is 25.0 Å². The average Bonchev–Trinajstić information content (AvgIpc) is 3.43. The summed E-state index contributed by atoms with van der Waals surface area (Å²) in [6, 6.07) is 14.4. The van der Waals surface area contributed by atoms with Crippen LogP contribution in [0.3, 0.4) is 0 Å². The van der Waals surface area contributed by atoms with Gasteiger partial charge in [-0.05, 0) is 49.7 Å². The number of hydrogen-bond donors (Lipinski definition) is 2. The van der Waals surface area contributed by atoms with Crippen molar-refractivity contribution in [2.75, 3.05) is 12.4 Å². The zero-order valence-corrected chi connectivity index (χ0v) is 22.7. The van der Waals surface area contributed by atoms with Crippen molar-refractivity contribution in [2.24, 2.45) is 12.1 Å². The van der Waals surface area contributed by atoms with Crippen LogP contribution in [-0.4, -0.2) is 44.7 Å². The molecule has 0 saturated carbocycles. The molecule has 11 nitrogen and oxygen atoms in total. The number of methoxy groups -OCH3 is 1. The second-order valence-electron chi connectivity index (χ2n) is 8.04. The van der Waals surface area contributed by atoms with Crippen LogP contribution in [-0.2, 0) is 22.4 Å². The number of amides is 2. The molecule has 0 unspecified atom stereocenters. The van der Waals surface area contributed by atoms with Gasteiger partial charge >= 0.3 is 11.8 Å². The predicted molar refractivity (Wildman–Crippen MR) is 147 cm³/mol. The van der Waals surface area contributed by atoms with E-state index in [1.807, 2.05) is 19.1 Å². The van der Waals surface area contributed by atoms with Crippen LogP contribution in [0.15, 0.2) is 62.8 Å². The molecule has 0 aliphatic carbocycles. The maximum atomic E-state index is 12.9. The van der Waals surface area contributed by atoms with Gasteiger partial charge in [0, 0.05) is 18.4 Å². The number of nitrogens with zero attached hydrogens (tertiary/aromatic N) is 5. The molecule has 0 fully saturated rings. The summed E-state index contributed by atoms with van der Waals surface area (Å²) in [5, 5.41) is 15.3. The number of aromatic nitrogens is 4. The molecule has 13 heteroatoms. The highest BCUT2D eigenvalue weighted by Crippen LogP contribution is 2.30.